The Morgan fingerprint density at radius 3 is 2.73 bits per heavy atom. The Labute approximate surface area is 124 Å². The molecule has 0 spiro atoms. The van der Waals surface area contributed by atoms with Gasteiger partial charge in [0.05, 0.1) is 6.61 Å². The first kappa shape index (κ1) is 14.8. The molecule has 5 N–H and O–H groups in total. The van der Waals surface area contributed by atoms with E-state index in [4.69, 9.17) is 10.5 Å². The summed E-state index contributed by atoms with van der Waals surface area (Å²) < 4.78 is 6.70. The molecule has 1 fully saturated rings. The van der Waals surface area contributed by atoms with Crippen LogP contribution in [0.4, 0.5) is 5.82 Å². The van der Waals surface area contributed by atoms with Gasteiger partial charge in [-0.3, -0.25) is 9.36 Å². The monoisotopic (exact) mass is 309 g/mol. The van der Waals surface area contributed by atoms with Crippen molar-refractivity contribution in [2.75, 3.05) is 12.3 Å². The van der Waals surface area contributed by atoms with Gasteiger partial charge in [-0.25, -0.2) is 15.0 Å². The number of nitrogens with zero attached hydrogens (tertiary/aromatic N) is 4. The third kappa shape index (κ3) is 2.04. The zero-order chi connectivity index (χ0) is 16.0. The van der Waals surface area contributed by atoms with E-state index in [1.807, 2.05) is 0 Å². The van der Waals surface area contributed by atoms with Crippen LogP contribution >= 0.6 is 0 Å². The minimum atomic E-state index is -1.36. The SMILES string of the molecule is CC(=O)c1nc2c(N)ncnc2n1[C@@H]1OC(CO)[C@@H](O)C1O. The van der Waals surface area contributed by atoms with Gasteiger partial charge >= 0.3 is 0 Å². The number of hydrogen-bond acceptors (Lipinski definition) is 9. The number of aliphatic hydroxyl groups excluding tert-OH is 3. The third-order valence-corrected chi connectivity index (χ3v) is 3.59. The minimum absolute atomic E-state index is 0.0305. The van der Waals surface area contributed by atoms with Gasteiger partial charge in [0.25, 0.3) is 0 Å². The van der Waals surface area contributed by atoms with Crippen LogP contribution in [0.5, 0.6) is 0 Å². The van der Waals surface area contributed by atoms with Gasteiger partial charge in [-0.2, -0.15) is 0 Å². The molecule has 0 aliphatic carbocycles. The van der Waals surface area contributed by atoms with Crippen LogP contribution < -0.4 is 5.73 Å². The Bertz CT molecular complexity index is 732. The smallest absolute Gasteiger partial charge is 0.195 e. The van der Waals surface area contributed by atoms with Crippen LogP contribution in [0.15, 0.2) is 6.33 Å². The van der Waals surface area contributed by atoms with E-state index in [9.17, 15) is 20.1 Å². The van der Waals surface area contributed by atoms with Crippen LogP contribution in [-0.4, -0.2) is 65.5 Å². The quantitative estimate of drug-likeness (QED) is 0.481. The first-order valence-electron chi connectivity index (χ1n) is 6.57. The van der Waals surface area contributed by atoms with E-state index in [-0.39, 0.29) is 22.8 Å². The van der Waals surface area contributed by atoms with Crippen molar-refractivity contribution in [2.24, 2.45) is 0 Å². The average molecular weight is 309 g/mol. The van der Waals surface area contributed by atoms with Crippen LogP contribution in [0.3, 0.4) is 0 Å². The largest absolute Gasteiger partial charge is 0.394 e. The molecule has 3 rings (SSSR count). The molecule has 0 bridgehead atoms. The van der Waals surface area contributed by atoms with Gasteiger partial charge in [0.2, 0.25) is 0 Å². The van der Waals surface area contributed by atoms with Gasteiger partial charge in [-0.05, 0) is 0 Å². The maximum absolute atomic E-state index is 11.8. The van der Waals surface area contributed by atoms with Crippen LogP contribution in [0.25, 0.3) is 11.2 Å². The molecule has 4 atom stereocenters. The van der Waals surface area contributed by atoms with Crippen molar-refractivity contribution < 1.29 is 24.9 Å². The number of aliphatic hydroxyl groups is 3. The highest BCUT2D eigenvalue weighted by Crippen LogP contribution is 2.33. The molecule has 0 amide bonds. The summed E-state index contributed by atoms with van der Waals surface area (Å²) in [6.45, 7) is 0.816. The van der Waals surface area contributed by atoms with E-state index in [2.05, 4.69) is 15.0 Å². The molecule has 3 heterocycles. The molecule has 2 aromatic heterocycles. The van der Waals surface area contributed by atoms with E-state index in [1.165, 1.54) is 17.8 Å². The zero-order valence-electron chi connectivity index (χ0n) is 11.6. The lowest BCUT2D eigenvalue weighted by Gasteiger charge is -2.18. The maximum atomic E-state index is 11.8. The first-order chi connectivity index (χ1) is 10.5. The topological polar surface area (TPSA) is 157 Å². The zero-order valence-corrected chi connectivity index (χ0v) is 11.6. The third-order valence-electron chi connectivity index (χ3n) is 3.59. The van der Waals surface area contributed by atoms with Crippen LogP contribution in [0, 0.1) is 0 Å². The highest BCUT2D eigenvalue weighted by molar-refractivity contribution is 5.95. The lowest BCUT2D eigenvalue weighted by atomic mass is 10.1. The second kappa shape index (κ2) is 5.25. The standard InChI is InChI=1S/C12H15N5O5/c1-4(19)10-16-6-9(13)14-3-15-11(6)17(10)12-8(21)7(20)5(2-18)22-12/h3,5,7-8,12,18,20-21H,2H2,1H3,(H2,13,14,15)/t5?,7-,8?,12-/m1/s1. The molecule has 22 heavy (non-hydrogen) atoms. The Morgan fingerprint density at radius 1 is 1.41 bits per heavy atom. The second-order valence-electron chi connectivity index (χ2n) is 5.02. The summed E-state index contributed by atoms with van der Waals surface area (Å²) in [4.78, 5) is 23.7. The molecule has 0 saturated carbocycles. The predicted molar refractivity (Wildman–Crippen MR) is 72.7 cm³/mol. The minimum Gasteiger partial charge on any atom is -0.394 e. The lowest BCUT2D eigenvalue weighted by molar-refractivity contribution is -0.0517. The Kier molecular flexibility index (Phi) is 3.53. The van der Waals surface area contributed by atoms with Crippen LogP contribution in [-0.2, 0) is 4.74 Å². The van der Waals surface area contributed by atoms with E-state index in [1.54, 1.807) is 0 Å². The molecular formula is C12H15N5O5. The maximum Gasteiger partial charge on any atom is 0.195 e. The molecule has 1 aliphatic heterocycles. The fourth-order valence-electron chi connectivity index (χ4n) is 2.51. The number of nitrogens with two attached hydrogens (primary N) is 1. The number of carbonyl (C=O) groups excluding carboxylic acids is 1. The summed E-state index contributed by atoms with van der Waals surface area (Å²) in [5.74, 6) is -0.342. The van der Waals surface area contributed by atoms with Gasteiger partial charge in [-0.1, -0.05) is 0 Å². The van der Waals surface area contributed by atoms with E-state index in [0.29, 0.717) is 0 Å². The molecule has 1 saturated heterocycles. The number of imidazole rings is 1. The van der Waals surface area contributed by atoms with Gasteiger partial charge in [0, 0.05) is 6.92 Å². The number of nitrogen functional groups attached to an aromatic ring is 1. The molecule has 2 aromatic rings. The summed E-state index contributed by atoms with van der Waals surface area (Å²) in [6.07, 6.45) is -3.56. The number of aromatic nitrogens is 4. The van der Waals surface area contributed by atoms with Crippen molar-refractivity contribution in [1.29, 1.82) is 0 Å². The number of ketones is 1. The van der Waals surface area contributed by atoms with Crippen molar-refractivity contribution in [1.82, 2.24) is 19.5 Å². The lowest BCUT2D eigenvalue weighted by Crippen LogP contribution is -2.33. The molecule has 118 valence electrons. The van der Waals surface area contributed by atoms with E-state index in [0.717, 1.165) is 0 Å². The van der Waals surface area contributed by atoms with Gasteiger partial charge in [-0.15, -0.1) is 0 Å². The number of carbonyl (C=O) groups is 1. The van der Waals surface area contributed by atoms with Gasteiger partial charge in [0.1, 0.15) is 24.6 Å². The predicted octanol–water partition coefficient (Wildman–Crippen LogP) is -1.78. The van der Waals surface area contributed by atoms with Crippen molar-refractivity contribution in [3.05, 3.63) is 12.2 Å². The number of ether oxygens (including phenoxy) is 1. The van der Waals surface area contributed by atoms with Crippen molar-refractivity contribution in [3.8, 4) is 0 Å². The molecule has 0 radical (unpaired) electrons. The second-order valence-corrected chi connectivity index (χ2v) is 5.02. The summed E-state index contributed by atoms with van der Waals surface area (Å²) in [7, 11) is 0. The molecule has 10 heteroatoms. The van der Waals surface area contributed by atoms with Crippen molar-refractivity contribution >= 4 is 22.8 Å². The normalized spacial score (nSPS) is 28.4. The molecule has 1 aliphatic rings. The number of fused-ring (bicyclic) bond motifs is 1. The first-order valence-corrected chi connectivity index (χ1v) is 6.57. The summed E-state index contributed by atoms with van der Waals surface area (Å²) >= 11 is 0. The number of Topliss-reactive ketones (excluding diaryl/α,β-unsaturated/α-hetero) is 1. The fraction of sp³-hybridized carbons (Fsp3) is 0.500. The van der Waals surface area contributed by atoms with Gasteiger partial charge in [0.15, 0.2) is 34.8 Å². The Morgan fingerprint density at radius 2 is 2.14 bits per heavy atom. The summed E-state index contributed by atoms with van der Waals surface area (Å²) in [5, 5.41) is 29.2. The molecule has 0 aromatic carbocycles. The average Bonchev–Trinajstić information content (AvgIpc) is 3.00. The van der Waals surface area contributed by atoms with E-state index < -0.39 is 36.9 Å². The highest BCUT2D eigenvalue weighted by Gasteiger charge is 2.45. The molecule has 10 nitrogen and oxygen atoms in total. The summed E-state index contributed by atoms with van der Waals surface area (Å²) in [6, 6.07) is 0. The fourth-order valence-corrected chi connectivity index (χ4v) is 2.51. The number of anilines is 1. The van der Waals surface area contributed by atoms with Crippen LogP contribution in [0.2, 0.25) is 0 Å². The van der Waals surface area contributed by atoms with Crippen molar-refractivity contribution in [2.45, 2.75) is 31.5 Å². The van der Waals surface area contributed by atoms with Crippen molar-refractivity contribution in [3.63, 3.8) is 0 Å². The summed E-state index contributed by atoms with van der Waals surface area (Å²) in [5.41, 5.74) is 6.12. The Balaban J connectivity index is 2.19. The highest BCUT2D eigenvalue weighted by atomic mass is 16.6. The number of hydrogen-bond donors (Lipinski definition) is 4. The van der Waals surface area contributed by atoms with Crippen LogP contribution in [0.1, 0.15) is 23.8 Å². The van der Waals surface area contributed by atoms with E-state index >= 15 is 0 Å². The number of rotatable bonds is 3. The molecular weight excluding hydrogens is 294 g/mol. The molecule has 2 unspecified atom stereocenters. The Hall–Kier alpha value is -2.14. The van der Waals surface area contributed by atoms with Gasteiger partial charge < -0.3 is 25.8 Å².